The molecule has 2 aromatic rings. The third kappa shape index (κ3) is 3.78. The molecule has 1 aliphatic rings. The van der Waals surface area contributed by atoms with Gasteiger partial charge in [-0.15, -0.1) is 0 Å². The van der Waals surface area contributed by atoms with Crippen molar-refractivity contribution in [3.8, 4) is 0 Å². The Kier molecular flexibility index (Phi) is 4.19. The minimum absolute atomic E-state index is 0.0579. The van der Waals surface area contributed by atoms with Gasteiger partial charge in [0.25, 0.3) is 0 Å². The van der Waals surface area contributed by atoms with E-state index in [0.29, 0.717) is 5.69 Å². The molecule has 2 aromatic carbocycles. The molecular weight excluding hydrogens is 312 g/mol. The number of carbonyl (C=O) groups excluding carboxylic acids is 1. The van der Waals surface area contributed by atoms with E-state index in [-0.39, 0.29) is 22.8 Å². The zero-order valence-electron chi connectivity index (χ0n) is 12.7. The fourth-order valence-electron chi connectivity index (χ4n) is 2.58. The second-order valence-electron chi connectivity index (χ2n) is 5.69. The summed E-state index contributed by atoms with van der Waals surface area (Å²) in [6.45, 7) is 1.41. The van der Waals surface area contributed by atoms with E-state index in [1.54, 1.807) is 12.1 Å². The zero-order valence-corrected chi connectivity index (χ0v) is 13.5. The van der Waals surface area contributed by atoms with Crippen molar-refractivity contribution in [3.63, 3.8) is 0 Å². The van der Waals surface area contributed by atoms with Gasteiger partial charge in [-0.2, -0.15) is 0 Å². The van der Waals surface area contributed by atoms with E-state index < -0.39 is 10.0 Å². The van der Waals surface area contributed by atoms with Crippen molar-refractivity contribution in [3.05, 3.63) is 60.2 Å². The topological polar surface area (TPSA) is 75.3 Å². The molecule has 0 spiro atoms. The molecule has 0 heterocycles. The van der Waals surface area contributed by atoms with Gasteiger partial charge < -0.3 is 5.32 Å². The summed E-state index contributed by atoms with van der Waals surface area (Å²) in [5, 5.41) is 2.61. The predicted molar refractivity (Wildman–Crippen MR) is 88.7 cm³/mol. The maximum Gasteiger partial charge on any atom is 0.240 e. The maximum atomic E-state index is 12.4. The van der Waals surface area contributed by atoms with Crippen molar-refractivity contribution in [1.29, 1.82) is 0 Å². The highest BCUT2D eigenvalue weighted by molar-refractivity contribution is 7.89. The average molecular weight is 330 g/mol. The lowest BCUT2D eigenvalue weighted by Crippen LogP contribution is -2.26. The van der Waals surface area contributed by atoms with Crippen LogP contribution in [0.15, 0.2) is 59.5 Å². The standard InChI is InChI=1S/C17H18N2O3S/c1-12(20)18-14-7-9-15(10-8-14)23(21,22)19-17-11-16(17)13-5-3-2-4-6-13/h2-10,16-17,19H,11H2,1H3,(H,18,20)/t16-,17+/m1/s1. The van der Waals surface area contributed by atoms with Crippen LogP contribution in [0.25, 0.3) is 0 Å². The summed E-state index contributed by atoms with van der Waals surface area (Å²) in [4.78, 5) is 11.2. The minimum atomic E-state index is -3.55. The Labute approximate surface area is 135 Å². The number of hydrogen-bond acceptors (Lipinski definition) is 3. The Bertz CT molecular complexity index is 801. The highest BCUT2D eigenvalue weighted by Crippen LogP contribution is 2.41. The van der Waals surface area contributed by atoms with Gasteiger partial charge in [0, 0.05) is 24.6 Å². The number of nitrogens with one attached hydrogen (secondary N) is 2. The Balaban J connectivity index is 1.67. The zero-order chi connectivity index (χ0) is 16.4. The SMILES string of the molecule is CC(=O)Nc1ccc(S(=O)(=O)N[C@H]2C[C@@H]2c2ccccc2)cc1. The number of benzene rings is 2. The van der Waals surface area contributed by atoms with Crippen LogP contribution < -0.4 is 10.0 Å². The molecule has 2 atom stereocenters. The first kappa shape index (κ1) is 15.7. The predicted octanol–water partition coefficient (Wildman–Crippen LogP) is 2.48. The molecule has 0 saturated heterocycles. The van der Waals surface area contributed by atoms with Gasteiger partial charge in [0.2, 0.25) is 15.9 Å². The maximum absolute atomic E-state index is 12.4. The van der Waals surface area contributed by atoms with Crippen LogP contribution >= 0.6 is 0 Å². The minimum Gasteiger partial charge on any atom is -0.326 e. The van der Waals surface area contributed by atoms with Gasteiger partial charge in [-0.25, -0.2) is 13.1 Å². The van der Waals surface area contributed by atoms with Crippen molar-refractivity contribution in [2.75, 3.05) is 5.32 Å². The van der Waals surface area contributed by atoms with Crippen LogP contribution in [0.4, 0.5) is 5.69 Å². The molecule has 5 nitrogen and oxygen atoms in total. The van der Waals surface area contributed by atoms with Crippen LogP contribution in [-0.4, -0.2) is 20.4 Å². The summed E-state index contributed by atoms with van der Waals surface area (Å²) in [7, 11) is -3.55. The molecule has 23 heavy (non-hydrogen) atoms. The molecule has 3 rings (SSSR count). The van der Waals surface area contributed by atoms with E-state index in [2.05, 4.69) is 10.0 Å². The van der Waals surface area contributed by atoms with Crippen molar-refractivity contribution < 1.29 is 13.2 Å². The van der Waals surface area contributed by atoms with Crippen molar-refractivity contribution >= 4 is 21.6 Å². The quantitative estimate of drug-likeness (QED) is 0.884. The van der Waals surface area contributed by atoms with Gasteiger partial charge in [0.1, 0.15) is 0 Å². The lowest BCUT2D eigenvalue weighted by atomic mass is 10.1. The van der Waals surface area contributed by atoms with E-state index >= 15 is 0 Å². The smallest absolute Gasteiger partial charge is 0.240 e. The monoisotopic (exact) mass is 330 g/mol. The van der Waals surface area contributed by atoms with Gasteiger partial charge in [-0.1, -0.05) is 30.3 Å². The van der Waals surface area contributed by atoms with Gasteiger partial charge in [-0.05, 0) is 36.2 Å². The van der Waals surface area contributed by atoms with Gasteiger partial charge >= 0.3 is 0 Å². The highest BCUT2D eigenvalue weighted by Gasteiger charge is 2.41. The third-order valence-corrected chi connectivity index (χ3v) is 5.32. The lowest BCUT2D eigenvalue weighted by Gasteiger charge is -2.08. The Hall–Kier alpha value is -2.18. The number of sulfonamides is 1. The van der Waals surface area contributed by atoms with E-state index in [1.165, 1.54) is 19.1 Å². The van der Waals surface area contributed by atoms with Gasteiger partial charge in [-0.3, -0.25) is 4.79 Å². The summed E-state index contributed by atoms with van der Waals surface area (Å²) in [5.74, 6) is 0.0482. The van der Waals surface area contributed by atoms with E-state index in [4.69, 9.17) is 0 Å². The highest BCUT2D eigenvalue weighted by atomic mass is 32.2. The molecule has 0 unspecified atom stereocenters. The largest absolute Gasteiger partial charge is 0.326 e. The van der Waals surface area contributed by atoms with Crippen LogP contribution in [0.2, 0.25) is 0 Å². The second-order valence-corrected chi connectivity index (χ2v) is 7.40. The third-order valence-electron chi connectivity index (χ3n) is 3.81. The Morgan fingerprint density at radius 1 is 1.04 bits per heavy atom. The summed E-state index contributed by atoms with van der Waals surface area (Å²) in [5.41, 5.74) is 1.73. The van der Waals surface area contributed by atoms with Gasteiger partial charge in [0.15, 0.2) is 0 Å². The molecule has 1 amide bonds. The van der Waals surface area contributed by atoms with Crippen LogP contribution in [-0.2, 0) is 14.8 Å². The average Bonchev–Trinajstić information content (AvgIpc) is 3.26. The summed E-state index contributed by atoms with van der Waals surface area (Å²) in [6, 6.07) is 16.0. The normalized spacial score (nSPS) is 20.0. The van der Waals surface area contributed by atoms with E-state index in [9.17, 15) is 13.2 Å². The number of carbonyl (C=O) groups is 1. The molecule has 1 saturated carbocycles. The summed E-state index contributed by atoms with van der Waals surface area (Å²) >= 11 is 0. The second kappa shape index (κ2) is 6.14. The summed E-state index contributed by atoms with van der Waals surface area (Å²) in [6.07, 6.45) is 0.813. The van der Waals surface area contributed by atoms with Crippen molar-refractivity contribution in [2.45, 2.75) is 30.2 Å². The number of amides is 1. The van der Waals surface area contributed by atoms with Gasteiger partial charge in [0.05, 0.1) is 4.90 Å². The van der Waals surface area contributed by atoms with Crippen molar-refractivity contribution in [2.24, 2.45) is 0 Å². The molecule has 0 aromatic heterocycles. The molecule has 0 aliphatic heterocycles. The van der Waals surface area contributed by atoms with Crippen LogP contribution in [0.1, 0.15) is 24.8 Å². The van der Waals surface area contributed by atoms with Crippen molar-refractivity contribution in [1.82, 2.24) is 4.72 Å². The number of hydrogen-bond donors (Lipinski definition) is 2. The number of anilines is 1. The molecule has 0 radical (unpaired) electrons. The molecule has 120 valence electrons. The molecule has 0 bridgehead atoms. The Morgan fingerprint density at radius 2 is 1.70 bits per heavy atom. The van der Waals surface area contributed by atoms with Crippen LogP contribution in [0.5, 0.6) is 0 Å². The fraction of sp³-hybridized carbons (Fsp3) is 0.235. The summed E-state index contributed by atoms with van der Waals surface area (Å²) < 4.78 is 27.5. The first-order chi connectivity index (χ1) is 11.0. The first-order valence-electron chi connectivity index (χ1n) is 7.40. The molecule has 2 N–H and O–H groups in total. The number of rotatable bonds is 5. The Morgan fingerprint density at radius 3 is 2.30 bits per heavy atom. The lowest BCUT2D eigenvalue weighted by molar-refractivity contribution is -0.114. The fourth-order valence-corrected chi connectivity index (χ4v) is 3.87. The van der Waals surface area contributed by atoms with Crippen LogP contribution in [0, 0.1) is 0 Å². The van der Waals surface area contributed by atoms with E-state index in [0.717, 1.165) is 12.0 Å². The molecule has 6 heteroatoms. The van der Waals surface area contributed by atoms with E-state index in [1.807, 2.05) is 30.3 Å². The van der Waals surface area contributed by atoms with Crippen LogP contribution in [0.3, 0.4) is 0 Å². The first-order valence-corrected chi connectivity index (χ1v) is 8.89. The molecule has 1 fully saturated rings. The molecule has 1 aliphatic carbocycles. The molecular formula is C17H18N2O3S.